The van der Waals surface area contributed by atoms with Gasteiger partial charge < -0.3 is 10.1 Å². The van der Waals surface area contributed by atoms with Gasteiger partial charge in [0, 0.05) is 12.5 Å². The normalized spacial score (nSPS) is 10.3. The minimum Gasteiger partial charge on any atom is -0.493 e. The standard InChI is InChI=1S/C15H19N3O2/c1-11-5-3-6-12(2)15(11)20-10-4-7-14(19)17-13-8-9-16-18-13/h3,5-6,8-9H,4,7,10H2,1-2H3,(H2,16,17,18,19). The molecule has 2 N–H and O–H groups in total. The molecule has 5 heteroatoms. The van der Waals surface area contributed by atoms with Crippen LogP contribution in [-0.4, -0.2) is 22.7 Å². The number of hydrogen-bond donors (Lipinski definition) is 2. The molecule has 0 radical (unpaired) electrons. The van der Waals surface area contributed by atoms with Gasteiger partial charge >= 0.3 is 0 Å². The van der Waals surface area contributed by atoms with Gasteiger partial charge in [-0.15, -0.1) is 0 Å². The van der Waals surface area contributed by atoms with Gasteiger partial charge in [-0.1, -0.05) is 18.2 Å². The molecule has 0 unspecified atom stereocenters. The average molecular weight is 273 g/mol. The number of benzene rings is 1. The second-order valence-corrected chi connectivity index (χ2v) is 4.69. The molecule has 2 aromatic rings. The summed E-state index contributed by atoms with van der Waals surface area (Å²) in [6, 6.07) is 7.76. The Bertz CT molecular complexity index is 544. The van der Waals surface area contributed by atoms with Crippen molar-refractivity contribution < 1.29 is 9.53 Å². The number of H-pyrrole nitrogens is 1. The number of amides is 1. The lowest BCUT2D eigenvalue weighted by Crippen LogP contribution is -2.13. The Morgan fingerprint density at radius 3 is 2.70 bits per heavy atom. The van der Waals surface area contributed by atoms with Gasteiger partial charge in [-0.25, -0.2) is 0 Å². The van der Waals surface area contributed by atoms with Crippen LogP contribution in [0.15, 0.2) is 30.5 Å². The Morgan fingerprint density at radius 1 is 1.30 bits per heavy atom. The molecular formula is C15H19N3O2. The highest BCUT2D eigenvalue weighted by Gasteiger charge is 2.05. The van der Waals surface area contributed by atoms with E-state index in [1.165, 1.54) is 0 Å². The van der Waals surface area contributed by atoms with Gasteiger partial charge in [0.15, 0.2) is 0 Å². The Hall–Kier alpha value is -2.30. The number of hydrogen-bond acceptors (Lipinski definition) is 3. The van der Waals surface area contributed by atoms with Gasteiger partial charge in [-0.3, -0.25) is 9.89 Å². The van der Waals surface area contributed by atoms with Crippen LogP contribution in [0.4, 0.5) is 5.82 Å². The monoisotopic (exact) mass is 273 g/mol. The Balaban J connectivity index is 1.72. The number of aromatic amines is 1. The second kappa shape index (κ2) is 6.75. The van der Waals surface area contributed by atoms with Crippen LogP contribution in [0.1, 0.15) is 24.0 Å². The van der Waals surface area contributed by atoms with Gasteiger partial charge in [0.25, 0.3) is 0 Å². The van der Waals surface area contributed by atoms with Crippen LogP contribution in [0.3, 0.4) is 0 Å². The third-order valence-corrected chi connectivity index (χ3v) is 2.98. The summed E-state index contributed by atoms with van der Waals surface area (Å²) in [6.45, 7) is 4.57. The molecule has 20 heavy (non-hydrogen) atoms. The van der Waals surface area contributed by atoms with Crippen LogP contribution in [0.25, 0.3) is 0 Å². The molecule has 0 aliphatic rings. The van der Waals surface area contributed by atoms with E-state index in [1.807, 2.05) is 32.0 Å². The maximum Gasteiger partial charge on any atom is 0.225 e. The Morgan fingerprint density at radius 2 is 2.05 bits per heavy atom. The van der Waals surface area contributed by atoms with E-state index in [0.29, 0.717) is 25.3 Å². The molecule has 0 fully saturated rings. The zero-order valence-electron chi connectivity index (χ0n) is 11.8. The van der Waals surface area contributed by atoms with Crippen LogP contribution in [0.5, 0.6) is 5.75 Å². The summed E-state index contributed by atoms with van der Waals surface area (Å²) in [5.74, 6) is 1.49. The number of nitrogens with one attached hydrogen (secondary N) is 2. The van der Waals surface area contributed by atoms with Crippen molar-refractivity contribution in [2.75, 3.05) is 11.9 Å². The smallest absolute Gasteiger partial charge is 0.225 e. The van der Waals surface area contributed by atoms with E-state index in [-0.39, 0.29) is 5.91 Å². The fourth-order valence-electron chi connectivity index (χ4n) is 1.97. The topological polar surface area (TPSA) is 67.0 Å². The van der Waals surface area contributed by atoms with E-state index in [9.17, 15) is 4.79 Å². The van der Waals surface area contributed by atoms with E-state index in [1.54, 1.807) is 12.3 Å². The minimum atomic E-state index is -0.0423. The van der Waals surface area contributed by atoms with E-state index in [2.05, 4.69) is 15.5 Å². The van der Waals surface area contributed by atoms with E-state index in [4.69, 9.17) is 4.74 Å². The van der Waals surface area contributed by atoms with Gasteiger partial charge in [-0.05, 0) is 31.4 Å². The van der Waals surface area contributed by atoms with Crippen molar-refractivity contribution in [1.29, 1.82) is 0 Å². The highest BCUT2D eigenvalue weighted by atomic mass is 16.5. The predicted molar refractivity (Wildman–Crippen MR) is 77.9 cm³/mol. The van der Waals surface area contributed by atoms with E-state index in [0.717, 1.165) is 16.9 Å². The van der Waals surface area contributed by atoms with E-state index < -0.39 is 0 Å². The molecule has 5 nitrogen and oxygen atoms in total. The lowest BCUT2D eigenvalue weighted by Gasteiger charge is -2.11. The molecule has 0 spiro atoms. The molecule has 1 amide bonds. The summed E-state index contributed by atoms with van der Waals surface area (Å²) < 4.78 is 5.75. The summed E-state index contributed by atoms with van der Waals surface area (Å²) >= 11 is 0. The maximum atomic E-state index is 11.6. The Kier molecular flexibility index (Phi) is 4.76. The number of aryl methyl sites for hydroxylation is 2. The van der Waals surface area contributed by atoms with Gasteiger partial charge in [0.05, 0.1) is 12.8 Å². The van der Waals surface area contributed by atoms with Crippen molar-refractivity contribution in [1.82, 2.24) is 10.2 Å². The number of anilines is 1. The fraction of sp³-hybridized carbons (Fsp3) is 0.333. The summed E-state index contributed by atoms with van der Waals surface area (Å²) in [7, 11) is 0. The molecule has 1 aromatic carbocycles. The largest absolute Gasteiger partial charge is 0.493 e. The van der Waals surface area contributed by atoms with Gasteiger partial charge in [0.2, 0.25) is 5.91 Å². The number of ether oxygens (including phenoxy) is 1. The lowest BCUT2D eigenvalue weighted by molar-refractivity contribution is -0.116. The van der Waals surface area contributed by atoms with Crippen LogP contribution < -0.4 is 10.1 Å². The first-order valence-electron chi connectivity index (χ1n) is 6.65. The third kappa shape index (κ3) is 3.85. The number of carbonyl (C=O) groups excluding carboxylic acids is 1. The number of rotatable bonds is 6. The van der Waals surface area contributed by atoms with Crippen LogP contribution >= 0.6 is 0 Å². The second-order valence-electron chi connectivity index (χ2n) is 4.69. The SMILES string of the molecule is Cc1cccc(C)c1OCCCC(=O)Nc1ccn[nH]1. The third-order valence-electron chi connectivity index (χ3n) is 2.98. The molecule has 0 bridgehead atoms. The molecule has 106 valence electrons. The van der Waals surface area contributed by atoms with Crippen LogP contribution in [0.2, 0.25) is 0 Å². The Labute approximate surface area is 118 Å². The van der Waals surface area contributed by atoms with Gasteiger partial charge in [-0.2, -0.15) is 5.10 Å². The highest BCUT2D eigenvalue weighted by molar-refractivity contribution is 5.89. The summed E-state index contributed by atoms with van der Waals surface area (Å²) in [4.78, 5) is 11.6. The first-order valence-corrected chi connectivity index (χ1v) is 6.65. The summed E-state index contributed by atoms with van der Waals surface area (Å²) in [6.07, 6.45) is 2.69. The molecule has 0 atom stereocenters. The van der Waals surface area contributed by atoms with Crippen molar-refractivity contribution >= 4 is 11.7 Å². The van der Waals surface area contributed by atoms with Crippen molar-refractivity contribution in [3.8, 4) is 5.75 Å². The quantitative estimate of drug-likeness (QED) is 0.795. The first kappa shape index (κ1) is 14.1. The highest BCUT2D eigenvalue weighted by Crippen LogP contribution is 2.22. The number of aromatic nitrogens is 2. The van der Waals surface area contributed by atoms with Crippen molar-refractivity contribution in [3.05, 3.63) is 41.6 Å². The number of para-hydroxylation sites is 1. The zero-order valence-corrected chi connectivity index (χ0v) is 11.8. The maximum absolute atomic E-state index is 11.6. The predicted octanol–water partition coefficient (Wildman–Crippen LogP) is 2.82. The van der Waals surface area contributed by atoms with Crippen molar-refractivity contribution in [3.63, 3.8) is 0 Å². The first-order chi connectivity index (χ1) is 9.66. The number of carbonyl (C=O) groups is 1. The van der Waals surface area contributed by atoms with Gasteiger partial charge in [0.1, 0.15) is 11.6 Å². The summed E-state index contributed by atoms with van der Waals surface area (Å²) in [5.41, 5.74) is 2.24. The number of nitrogens with zero attached hydrogens (tertiary/aromatic N) is 1. The molecule has 1 heterocycles. The van der Waals surface area contributed by atoms with Crippen LogP contribution in [-0.2, 0) is 4.79 Å². The molecule has 0 saturated carbocycles. The van der Waals surface area contributed by atoms with E-state index >= 15 is 0 Å². The average Bonchev–Trinajstić information content (AvgIpc) is 2.90. The fourth-order valence-corrected chi connectivity index (χ4v) is 1.97. The van der Waals surface area contributed by atoms with Crippen molar-refractivity contribution in [2.24, 2.45) is 0 Å². The minimum absolute atomic E-state index is 0.0423. The summed E-state index contributed by atoms with van der Waals surface area (Å²) in [5, 5.41) is 9.18. The lowest BCUT2D eigenvalue weighted by atomic mass is 10.1. The molecule has 0 saturated heterocycles. The molecular weight excluding hydrogens is 254 g/mol. The van der Waals surface area contributed by atoms with Crippen molar-refractivity contribution in [2.45, 2.75) is 26.7 Å². The molecule has 1 aromatic heterocycles. The molecule has 0 aliphatic heterocycles. The molecule has 0 aliphatic carbocycles. The zero-order chi connectivity index (χ0) is 14.4. The van der Waals surface area contributed by atoms with Crippen LogP contribution in [0, 0.1) is 13.8 Å². The molecule has 2 rings (SSSR count).